The van der Waals surface area contributed by atoms with E-state index in [-0.39, 0.29) is 5.56 Å². The molecular weight excluding hydrogens is 402 g/mol. The summed E-state index contributed by atoms with van der Waals surface area (Å²) in [4.78, 5) is 27.5. The predicted molar refractivity (Wildman–Crippen MR) is 99.5 cm³/mol. The van der Waals surface area contributed by atoms with Crippen molar-refractivity contribution in [1.29, 1.82) is 0 Å². The molecule has 134 valence electrons. The molecule has 0 aliphatic rings. The van der Waals surface area contributed by atoms with E-state index in [9.17, 15) is 9.59 Å². The predicted octanol–water partition coefficient (Wildman–Crippen LogP) is 2.67. The number of nitrogens with zero attached hydrogens (tertiary/aromatic N) is 2. The van der Waals surface area contributed by atoms with Gasteiger partial charge in [-0.2, -0.15) is 0 Å². The molecule has 0 atom stereocenters. The summed E-state index contributed by atoms with van der Waals surface area (Å²) in [6, 6.07) is 11.4. The van der Waals surface area contributed by atoms with Crippen LogP contribution in [0.1, 0.15) is 15.9 Å². The highest BCUT2D eigenvalue weighted by Crippen LogP contribution is 2.27. The minimum Gasteiger partial charge on any atom is -0.496 e. The topological polar surface area (TPSA) is 93.5 Å². The van der Waals surface area contributed by atoms with Gasteiger partial charge in [0.1, 0.15) is 23.4 Å². The van der Waals surface area contributed by atoms with Crippen molar-refractivity contribution in [3.8, 4) is 5.75 Å². The van der Waals surface area contributed by atoms with Gasteiger partial charge in [-0.3, -0.25) is 9.59 Å². The van der Waals surface area contributed by atoms with Gasteiger partial charge in [-0.15, -0.1) is 0 Å². The second kappa shape index (κ2) is 7.57. The molecule has 0 radical (unpaired) electrons. The summed E-state index contributed by atoms with van der Waals surface area (Å²) in [5, 5.41) is 11.1. The van der Waals surface area contributed by atoms with Crippen LogP contribution in [-0.2, 0) is 11.3 Å². The molecule has 3 rings (SSSR count). The van der Waals surface area contributed by atoms with Crippen molar-refractivity contribution >= 4 is 38.8 Å². The van der Waals surface area contributed by atoms with Crippen LogP contribution in [0.15, 0.2) is 47.2 Å². The second-order valence-electron chi connectivity index (χ2n) is 5.59. The molecule has 26 heavy (non-hydrogen) atoms. The van der Waals surface area contributed by atoms with Gasteiger partial charge in [0.25, 0.3) is 5.91 Å². The average molecular weight is 418 g/mol. The summed E-state index contributed by atoms with van der Waals surface area (Å²) < 4.78 is 8.18. The van der Waals surface area contributed by atoms with Crippen LogP contribution in [0.5, 0.6) is 5.75 Å². The molecule has 2 aromatic carbocycles. The first kappa shape index (κ1) is 17.9. The molecule has 0 saturated heterocycles. The zero-order valence-corrected chi connectivity index (χ0v) is 15.5. The number of benzene rings is 2. The van der Waals surface area contributed by atoms with Gasteiger partial charge in [0, 0.05) is 11.0 Å². The standard InChI is InChI=1S/C18H16BrN3O4/c1-26-14-7-6-13-17(16(14)18(25)20-8-15(23)24)21-10-22(13)9-11-2-4-12(19)5-3-11/h2-7,10H,8-9H2,1H3,(H,20,25)(H,23,24). The number of ether oxygens (including phenoxy) is 1. The molecule has 1 heterocycles. The Bertz CT molecular complexity index is 966. The van der Waals surface area contributed by atoms with Crippen molar-refractivity contribution in [2.75, 3.05) is 13.7 Å². The molecular formula is C18H16BrN3O4. The Kier molecular flexibility index (Phi) is 5.22. The van der Waals surface area contributed by atoms with E-state index in [1.807, 2.05) is 34.9 Å². The minimum atomic E-state index is -1.12. The molecule has 7 nitrogen and oxygen atoms in total. The van der Waals surface area contributed by atoms with Crippen LogP contribution in [0.4, 0.5) is 0 Å². The molecule has 0 fully saturated rings. The number of aromatic nitrogens is 2. The van der Waals surface area contributed by atoms with Crippen molar-refractivity contribution in [2.24, 2.45) is 0 Å². The van der Waals surface area contributed by atoms with Crippen molar-refractivity contribution in [3.05, 3.63) is 58.3 Å². The lowest BCUT2D eigenvalue weighted by Crippen LogP contribution is -2.29. The second-order valence-corrected chi connectivity index (χ2v) is 6.50. The third-order valence-electron chi connectivity index (χ3n) is 3.87. The number of carboxylic acid groups (broad SMARTS) is 1. The smallest absolute Gasteiger partial charge is 0.322 e. The molecule has 8 heteroatoms. The first-order chi connectivity index (χ1) is 12.5. The molecule has 0 aliphatic carbocycles. The maximum absolute atomic E-state index is 12.4. The number of nitrogens with one attached hydrogen (secondary N) is 1. The lowest BCUT2D eigenvalue weighted by molar-refractivity contribution is -0.135. The summed E-state index contributed by atoms with van der Waals surface area (Å²) in [6.07, 6.45) is 1.65. The van der Waals surface area contributed by atoms with Crippen LogP contribution in [0, 0.1) is 0 Å². The number of fused-ring (bicyclic) bond motifs is 1. The van der Waals surface area contributed by atoms with Gasteiger partial charge < -0.3 is 19.7 Å². The number of carbonyl (C=O) groups excluding carboxylic acids is 1. The van der Waals surface area contributed by atoms with Gasteiger partial charge in [-0.05, 0) is 29.8 Å². The van der Waals surface area contributed by atoms with E-state index in [0.717, 1.165) is 15.6 Å². The number of amides is 1. The summed E-state index contributed by atoms with van der Waals surface area (Å²) in [6.45, 7) is 0.115. The van der Waals surface area contributed by atoms with E-state index in [1.165, 1.54) is 7.11 Å². The van der Waals surface area contributed by atoms with E-state index in [1.54, 1.807) is 12.4 Å². The van der Waals surface area contributed by atoms with Gasteiger partial charge in [-0.25, -0.2) is 4.98 Å². The van der Waals surface area contributed by atoms with Crippen molar-refractivity contribution < 1.29 is 19.4 Å². The number of rotatable bonds is 6. The van der Waals surface area contributed by atoms with Crippen LogP contribution >= 0.6 is 15.9 Å². The molecule has 0 unspecified atom stereocenters. The quantitative estimate of drug-likeness (QED) is 0.642. The number of hydrogen-bond acceptors (Lipinski definition) is 4. The Balaban J connectivity index is 1.99. The zero-order chi connectivity index (χ0) is 18.7. The van der Waals surface area contributed by atoms with Crippen LogP contribution in [0.3, 0.4) is 0 Å². The van der Waals surface area contributed by atoms with E-state index in [4.69, 9.17) is 9.84 Å². The normalized spacial score (nSPS) is 10.7. The summed E-state index contributed by atoms with van der Waals surface area (Å²) in [5.74, 6) is -1.32. The number of imidazole rings is 1. The number of halogens is 1. The zero-order valence-electron chi connectivity index (χ0n) is 13.9. The number of aliphatic carboxylic acids is 1. The Morgan fingerprint density at radius 2 is 1.96 bits per heavy atom. The third kappa shape index (κ3) is 3.70. The van der Waals surface area contributed by atoms with Crippen molar-refractivity contribution in [3.63, 3.8) is 0 Å². The molecule has 0 saturated carbocycles. The molecule has 0 aliphatic heterocycles. The van der Waals surface area contributed by atoms with E-state index in [2.05, 4.69) is 26.2 Å². The summed E-state index contributed by atoms with van der Waals surface area (Å²) >= 11 is 3.41. The molecule has 2 N–H and O–H groups in total. The van der Waals surface area contributed by atoms with Gasteiger partial charge in [0.2, 0.25) is 0 Å². The number of methoxy groups -OCH3 is 1. The maximum Gasteiger partial charge on any atom is 0.322 e. The summed E-state index contributed by atoms with van der Waals surface area (Å²) in [5.41, 5.74) is 2.53. The maximum atomic E-state index is 12.4. The van der Waals surface area contributed by atoms with Gasteiger partial charge >= 0.3 is 5.97 Å². The fourth-order valence-corrected chi connectivity index (χ4v) is 2.92. The van der Waals surface area contributed by atoms with E-state index >= 15 is 0 Å². The Morgan fingerprint density at radius 3 is 2.62 bits per heavy atom. The Hall–Kier alpha value is -2.87. The third-order valence-corrected chi connectivity index (χ3v) is 4.40. The monoisotopic (exact) mass is 417 g/mol. The molecule has 0 bridgehead atoms. The Morgan fingerprint density at radius 1 is 1.23 bits per heavy atom. The number of carboxylic acids is 1. The largest absolute Gasteiger partial charge is 0.496 e. The minimum absolute atomic E-state index is 0.223. The first-order valence-corrected chi connectivity index (χ1v) is 8.55. The fraction of sp³-hybridized carbons (Fsp3) is 0.167. The molecule has 3 aromatic rings. The molecule has 0 spiro atoms. The molecule has 1 aromatic heterocycles. The average Bonchev–Trinajstić information content (AvgIpc) is 3.03. The first-order valence-electron chi connectivity index (χ1n) is 7.76. The summed E-state index contributed by atoms with van der Waals surface area (Å²) in [7, 11) is 1.45. The lowest BCUT2D eigenvalue weighted by Gasteiger charge is -2.10. The lowest BCUT2D eigenvalue weighted by atomic mass is 10.1. The van der Waals surface area contributed by atoms with Crippen LogP contribution < -0.4 is 10.1 Å². The SMILES string of the molecule is COc1ccc2c(ncn2Cc2ccc(Br)cc2)c1C(=O)NCC(=O)O. The highest BCUT2D eigenvalue weighted by molar-refractivity contribution is 9.10. The number of hydrogen-bond donors (Lipinski definition) is 2. The highest BCUT2D eigenvalue weighted by atomic mass is 79.9. The van der Waals surface area contributed by atoms with Crippen molar-refractivity contribution in [2.45, 2.75) is 6.54 Å². The number of carbonyl (C=O) groups is 2. The van der Waals surface area contributed by atoms with E-state index < -0.39 is 18.4 Å². The van der Waals surface area contributed by atoms with Gasteiger partial charge in [-0.1, -0.05) is 28.1 Å². The van der Waals surface area contributed by atoms with Gasteiger partial charge in [0.15, 0.2) is 0 Å². The van der Waals surface area contributed by atoms with Crippen LogP contribution in [0.25, 0.3) is 11.0 Å². The highest BCUT2D eigenvalue weighted by Gasteiger charge is 2.20. The van der Waals surface area contributed by atoms with Gasteiger partial charge in [0.05, 0.1) is 19.0 Å². The molecule has 1 amide bonds. The fourth-order valence-electron chi connectivity index (χ4n) is 2.66. The van der Waals surface area contributed by atoms with Crippen LogP contribution in [-0.4, -0.2) is 40.2 Å². The van der Waals surface area contributed by atoms with Crippen LogP contribution in [0.2, 0.25) is 0 Å². The van der Waals surface area contributed by atoms with Crippen molar-refractivity contribution in [1.82, 2.24) is 14.9 Å². The Labute approximate surface area is 157 Å². The van der Waals surface area contributed by atoms with E-state index in [0.29, 0.717) is 17.8 Å².